The van der Waals surface area contributed by atoms with Crippen LogP contribution in [0.5, 0.6) is 11.5 Å². The second kappa shape index (κ2) is 6.98. The van der Waals surface area contributed by atoms with E-state index in [4.69, 9.17) is 9.47 Å². The molecule has 3 rings (SSSR count). The molecule has 0 unspecified atom stereocenters. The largest absolute Gasteiger partial charge is 0.486 e. The number of carbonyl (C=O) groups is 1. The van der Waals surface area contributed by atoms with Crippen LogP contribution in [0.4, 0.5) is 5.69 Å². The number of fused-ring (bicyclic) bond motifs is 1. The number of piperazine rings is 1. The highest BCUT2D eigenvalue weighted by Gasteiger charge is 2.18. The Morgan fingerprint density at radius 3 is 2.50 bits per heavy atom. The van der Waals surface area contributed by atoms with Gasteiger partial charge in [0.15, 0.2) is 11.5 Å². The first-order chi connectivity index (χ1) is 10.7. The van der Waals surface area contributed by atoms with Crippen LogP contribution in [0.25, 0.3) is 0 Å². The van der Waals surface area contributed by atoms with Crippen molar-refractivity contribution in [1.29, 1.82) is 0 Å². The molecule has 0 spiro atoms. The van der Waals surface area contributed by atoms with Crippen LogP contribution in [-0.2, 0) is 4.79 Å². The van der Waals surface area contributed by atoms with Crippen molar-refractivity contribution in [3.05, 3.63) is 18.2 Å². The van der Waals surface area contributed by atoms with Crippen LogP contribution in [0.15, 0.2) is 18.2 Å². The first kappa shape index (κ1) is 15.1. The highest BCUT2D eigenvalue weighted by molar-refractivity contribution is 5.92. The summed E-state index contributed by atoms with van der Waals surface area (Å²) in [4.78, 5) is 16.8. The van der Waals surface area contributed by atoms with Gasteiger partial charge in [-0.05, 0) is 18.7 Å². The van der Waals surface area contributed by atoms with Gasteiger partial charge in [-0.3, -0.25) is 9.69 Å². The average Bonchev–Trinajstić information content (AvgIpc) is 2.55. The number of amides is 1. The molecule has 2 aliphatic heterocycles. The summed E-state index contributed by atoms with van der Waals surface area (Å²) in [6, 6.07) is 5.51. The van der Waals surface area contributed by atoms with Crippen molar-refractivity contribution in [3.8, 4) is 11.5 Å². The van der Waals surface area contributed by atoms with Gasteiger partial charge in [-0.25, -0.2) is 0 Å². The van der Waals surface area contributed by atoms with Crippen LogP contribution >= 0.6 is 0 Å². The van der Waals surface area contributed by atoms with Gasteiger partial charge in [0.1, 0.15) is 13.2 Å². The molecule has 0 aliphatic carbocycles. The first-order valence-corrected chi connectivity index (χ1v) is 7.89. The summed E-state index contributed by atoms with van der Waals surface area (Å²) >= 11 is 0. The number of rotatable bonds is 4. The zero-order valence-electron chi connectivity index (χ0n) is 13.0. The number of nitrogens with zero attached hydrogens (tertiary/aromatic N) is 2. The Morgan fingerprint density at radius 2 is 1.77 bits per heavy atom. The van der Waals surface area contributed by atoms with Gasteiger partial charge in [-0.15, -0.1) is 0 Å². The van der Waals surface area contributed by atoms with Crippen molar-refractivity contribution in [2.75, 3.05) is 57.8 Å². The van der Waals surface area contributed by atoms with Crippen molar-refractivity contribution in [2.24, 2.45) is 0 Å². The van der Waals surface area contributed by atoms with Crippen molar-refractivity contribution in [1.82, 2.24) is 9.80 Å². The molecule has 1 N–H and O–H groups in total. The Hall–Kier alpha value is -1.79. The van der Waals surface area contributed by atoms with Crippen LogP contribution in [0, 0.1) is 0 Å². The van der Waals surface area contributed by atoms with E-state index in [0.717, 1.165) is 44.2 Å². The van der Waals surface area contributed by atoms with E-state index in [2.05, 4.69) is 22.0 Å². The molecule has 6 nitrogen and oxygen atoms in total. The molecular formula is C16H23N3O3. The Bertz CT molecular complexity index is 527. The lowest BCUT2D eigenvalue weighted by Crippen LogP contribution is -2.48. The van der Waals surface area contributed by atoms with Crippen LogP contribution in [-0.4, -0.2) is 68.2 Å². The molecule has 0 aromatic heterocycles. The number of carbonyl (C=O) groups excluding carboxylic acids is 1. The Kier molecular flexibility index (Phi) is 4.80. The number of nitrogens with one attached hydrogen (secondary N) is 1. The molecule has 1 aromatic carbocycles. The molecule has 2 heterocycles. The zero-order valence-corrected chi connectivity index (χ0v) is 13.0. The lowest BCUT2D eigenvalue weighted by atomic mass is 10.2. The summed E-state index contributed by atoms with van der Waals surface area (Å²) in [5, 5.41) is 2.93. The molecule has 22 heavy (non-hydrogen) atoms. The van der Waals surface area contributed by atoms with Gasteiger partial charge in [0.25, 0.3) is 0 Å². The Balaban J connectivity index is 1.51. The summed E-state index contributed by atoms with van der Waals surface area (Å²) in [5.74, 6) is 1.45. The molecule has 0 bridgehead atoms. The van der Waals surface area contributed by atoms with Gasteiger partial charge in [0, 0.05) is 37.9 Å². The summed E-state index contributed by atoms with van der Waals surface area (Å²) in [5.41, 5.74) is 0.751. The van der Waals surface area contributed by atoms with Gasteiger partial charge in [0.05, 0.1) is 6.54 Å². The number of benzene rings is 1. The second-order valence-corrected chi connectivity index (χ2v) is 5.62. The van der Waals surface area contributed by atoms with Crippen LogP contribution in [0.2, 0.25) is 0 Å². The maximum atomic E-state index is 12.2. The number of hydrogen-bond donors (Lipinski definition) is 1. The molecule has 120 valence electrons. The number of hydrogen-bond acceptors (Lipinski definition) is 5. The first-order valence-electron chi connectivity index (χ1n) is 7.89. The Labute approximate surface area is 131 Å². The predicted octanol–water partition coefficient (Wildman–Crippen LogP) is 1.03. The fourth-order valence-corrected chi connectivity index (χ4v) is 2.79. The SMILES string of the molecule is CCN1CCN(CC(=O)Nc2ccc3c(c2)OCCO3)CC1. The van der Waals surface area contributed by atoms with Gasteiger partial charge in [-0.1, -0.05) is 6.92 Å². The third-order valence-corrected chi connectivity index (χ3v) is 4.11. The van der Waals surface area contributed by atoms with Gasteiger partial charge >= 0.3 is 0 Å². The lowest BCUT2D eigenvalue weighted by Gasteiger charge is -2.33. The molecule has 2 aliphatic rings. The highest BCUT2D eigenvalue weighted by atomic mass is 16.6. The summed E-state index contributed by atoms with van der Waals surface area (Å²) in [7, 11) is 0. The van der Waals surface area contributed by atoms with Crippen LogP contribution < -0.4 is 14.8 Å². The maximum absolute atomic E-state index is 12.2. The number of ether oxygens (including phenoxy) is 2. The van der Waals surface area contributed by atoms with Gasteiger partial charge < -0.3 is 19.7 Å². The minimum atomic E-state index is 0.0154. The summed E-state index contributed by atoms with van der Waals surface area (Å²) < 4.78 is 11.0. The standard InChI is InChI=1S/C16H23N3O3/c1-2-18-5-7-19(8-6-18)12-16(20)17-13-3-4-14-15(11-13)22-10-9-21-14/h3-4,11H,2,5-10,12H2,1H3,(H,17,20). The molecule has 0 atom stereocenters. The topological polar surface area (TPSA) is 54.0 Å². The molecular weight excluding hydrogens is 282 g/mol. The van der Waals surface area contributed by atoms with Crippen molar-refractivity contribution >= 4 is 11.6 Å². The van der Waals surface area contributed by atoms with Gasteiger partial charge in [0.2, 0.25) is 5.91 Å². The number of likely N-dealkylation sites (N-methyl/N-ethyl adjacent to an activating group) is 1. The van der Waals surface area contributed by atoms with Crippen molar-refractivity contribution in [3.63, 3.8) is 0 Å². The van der Waals surface area contributed by atoms with E-state index in [0.29, 0.717) is 25.5 Å². The van der Waals surface area contributed by atoms with E-state index in [1.807, 2.05) is 18.2 Å². The summed E-state index contributed by atoms with van der Waals surface area (Å²) in [6.07, 6.45) is 0. The van der Waals surface area contributed by atoms with E-state index in [-0.39, 0.29) is 5.91 Å². The van der Waals surface area contributed by atoms with E-state index < -0.39 is 0 Å². The highest BCUT2D eigenvalue weighted by Crippen LogP contribution is 2.32. The maximum Gasteiger partial charge on any atom is 0.238 e. The lowest BCUT2D eigenvalue weighted by molar-refractivity contribution is -0.117. The van der Waals surface area contributed by atoms with Crippen molar-refractivity contribution < 1.29 is 14.3 Å². The van der Waals surface area contributed by atoms with Crippen molar-refractivity contribution in [2.45, 2.75) is 6.92 Å². The zero-order chi connectivity index (χ0) is 15.4. The molecule has 0 saturated carbocycles. The third kappa shape index (κ3) is 3.69. The fraction of sp³-hybridized carbons (Fsp3) is 0.562. The smallest absolute Gasteiger partial charge is 0.238 e. The molecule has 6 heteroatoms. The van der Waals surface area contributed by atoms with E-state index in [9.17, 15) is 4.79 Å². The van der Waals surface area contributed by atoms with Crippen LogP contribution in [0.1, 0.15) is 6.92 Å². The monoisotopic (exact) mass is 305 g/mol. The van der Waals surface area contributed by atoms with E-state index >= 15 is 0 Å². The molecule has 1 fully saturated rings. The molecule has 1 amide bonds. The third-order valence-electron chi connectivity index (χ3n) is 4.11. The van der Waals surface area contributed by atoms with Gasteiger partial charge in [-0.2, -0.15) is 0 Å². The predicted molar refractivity (Wildman–Crippen MR) is 84.6 cm³/mol. The van der Waals surface area contributed by atoms with E-state index in [1.165, 1.54) is 0 Å². The second-order valence-electron chi connectivity index (χ2n) is 5.62. The molecule has 0 radical (unpaired) electrons. The quantitative estimate of drug-likeness (QED) is 0.900. The molecule has 1 aromatic rings. The minimum Gasteiger partial charge on any atom is -0.486 e. The normalized spacial score (nSPS) is 19.0. The summed E-state index contributed by atoms with van der Waals surface area (Å²) in [6.45, 7) is 8.77. The molecule has 1 saturated heterocycles. The minimum absolute atomic E-state index is 0.0154. The van der Waals surface area contributed by atoms with Crippen LogP contribution in [0.3, 0.4) is 0 Å². The van der Waals surface area contributed by atoms with E-state index in [1.54, 1.807) is 0 Å². The Morgan fingerprint density at radius 1 is 1.09 bits per heavy atom. The average molecular weight is 305 g/mol. The number of anilines is 1. The fourth-order valence-electron chi connectivity index (χ4n) is 2.79.